The third kappa shape index (κ3) is 4.53. The predicted molar refractivity (Wildman–Crippen MR) is 84.7 cm³/mol. The summed E-state index contributed by atoms with van der Waals surface area (Å²) in [4.78, 5) is 20.0. The number of urea groups is 1. The molecule has 0 radical (unpaired) electrons. The molecule has 6 heteroatoms. The summed E-state index contributed by atoms with van der Waals surface area (Å²) < 4.78 is 0.811. The Kier molecular flexibility index (Phi) is 5.27. The zero-order chi connectivity index (χ0) is 15.2. The summed E-state index contributed by atoms with van der Waals surface area (Å²) in [5.41, 5.74) is 3.49. The van der Waals surface area contributed by atoms with Crippen molar-refractivity contribution in [1.29, 1.82) is 0 Å². The van der Waals surface area contributed by atoms with Crippen molar-refractivity contribution < 1.29 is 4.79 Å². The van der Waals surface area contributed by atoms with Crippen LogP contribution in [-0.2, 0) is 13.1 Å². The third-order valence-corrected chi connectivity index (χ3v) is 3.56. The van der Waals surface area contributed by atoms with Crippen LogP contribution in [0.15, 0.2) is 35.1 Å². The summed E-state index contributed by atoms with van der Waals surface area (Å²) in [5, 5.41) is 5.58. The van der Waals surface area contributed by atoms with Crippen molar-refractivity contribution in [3.05, 3.63) is 57.6 Å². The summed E-state index contributed by atoms with van der Waals surface area (Å²) in [6.45, 7) is 4.88. The quantitative estimate of drug-likeness (QED) is 0.892. The van der Waals surface area contributed by atoms with Gasteiger partial charge in [0.1, 0.15) is 5.82 Å². The first kappa shape index (κ1) is 15.4. The number of hydrogen-bond acceptors (Lipinski definition) is 3. The Labute approximate surface area is 132 Å². The van der Waals surface area contributed by atoms with Crippen molar-refractivity contribution in [2.75, 3.05) is 0 Å². The monoisotopic (exact) mass is 348 g/mol. The fourth-order valence-electron chi connectivity index (χ4n) is 1.95. The highest BCUT2D eigenvalue weighted by molar-refractivity contribution is 9.10. The molecule has 1 aromatic carbocycles. The molecule has 1 aromatic heterocycles. The van der Waals surface area contributed by atoms with E-state index < -0.39 is 0 Å². The third-order valence-electron chi connectivity index (χ3n) is 3.15. The highest BCUT2D eigenvalue weighted by Gasteiger charge is 2.05. The molecule has 2 N–H and O–H groups in total. The number of carbonyl (C=O) groups excluding carboxylic acids is 1. The highest BCUT2D eigenvalue weighted by Crippen LogP contribution is 2.12. The van der Waals surface area contributed by atoms with E-state index in [9.17, 15) is 4.79 Å². The summed E-state index contributed by atoms with van der Waals surface area (Å²) in [6.07, 6.45) is 3.30. The van der Waals surface area contributed by atoms with E-state index >= 15 is 0 Å². The van der Waals surface area contributed by atoms with Crippen LogP contribution in [0, 0.1) is 13.8 Å². The van der Waals surface area contributed by atoms with Gasteiger partial charge >= 0.3 is 6.03 Å². The smallest absolute Gasteiger partial charge is 0.315 e. The van der Waals surface area contributed by atoms with Crippen molar-refractivity contribution in [1.82, 2.24) is 20.6 Å². The summed E-state index contributed by atoms with van der Waals surface area (Å²) in [6, 6.07) is 5.86. The van der Waals surface area contributed by atoms with E-state index in [1.54, 1.807) is 12.4 Å². The van der Waals surface area contributed by atoms with E-state index in [-0.39, 0.29) is 6.03 Å². The minimum atomic E-state index is -0.232. The Hall–Kier alpha value is -1.95. The molecule has 0 bridgehead atoms. The van der Waals surface area contributed by atoms with Gasteiger partial charge < -0.3 is 10.6 Å². The number of benzene rings is 1. The molecule has 5 nitrogen and oxygen atoms in total. The van der Waals surface area contributed by atoms with Crippen LogP contribution in [0.2, 0.25) is 0 Å². The largest absolute Gasteiger partial charge is 0.334 e. The molecule has 0 unspecified atom stereocenters. The van der Waals surface area contributed by atoms with E-state index in [4.69, 9.17) is 0 Å². The maximum atomic E-state index is 11.8. The normalized spacial score (nSPS) is 10.2. The molecule has 0 saturated carbocycles. The second kappa shape index (κ2) is 7.17. The summed E-state index contributed by atoms with van der Waals surface area (Å²) >= 11 is 3.27. The second-order valence-corrected chi connectivity index (χ2v) is 5.64. The van der Waals surface area contributed by atoms with Gasteiger partial charge in [-0.2, -0.15) is 0 Å². The first-order valence-electron chi connectivity index (χ1n) is 6.59. The van der Waals surface area contributed by atoms with Gasteiger partial charge in [-0.25, -0.2) is 14.8 Å². The fourth-order valence-corrected chi connectivity index (χ4v) is 2.15. The van der Waals surface area contributed by atoms with Crippen molar-refractivity contribution in [3.63, 3.8) is 0 Å². The number of amides is 2. The second-order valence-electron chi connectivity index (χ2n) is 4.72. The molecular formula is C15H17BrN4O. The van der Waals surface area contributed by atoms with Gasteiger partial charge in [0.2, 0.25) is 0 Å². The van der Waals surface area contributed by atoms with E-state index in [0.29, 0.717) is 18.9 Å². The molecule has 0 saturated heterocycles. The zero-order valence-corrected chi connectivity index (χ0v) is 13.6. The fraction of sp³-hybridized carbons (Fsp3) is 0.267. The lowest BCUT2D eigenvalue weighted by molar-refractivity contribution is 0.240. The maximum absolute atomic E-state index is 11.8. The van der Waals surface area contributed by atoms with Crippen LogP contribution < -0.4 is 10.6 Å². The molecule has 0 fully saturated rings. The van der Waals surface area contributed by atoms with Gasteiger partial charge in [0.15, 0.2) is 0 Å². The lowest BCUT2D eigenvalue weighted by atomic mass is 10.0. The number of nitrogens with zero attached hydrogens (tertiary/aromatic N) is 2. The minimum absolute atomic E-state index is 0.232. The van der Waals surface area contributed by atoms with Gasteiger partial charge in [0.05, 0.1) is 11.0 Å². The highest BCUT2D eigenvalue weighted by atomic mass is 79.9. The SMILES string of the molecule is Cc1cccc(C)c1CNC(=O)NCc1ncc(Br)cn1. The minimum Gasteiger partial charge on any atom is -0.334 e. The Morgan fingerprint density at radius 3 is 2.29 bits per heavy atom. The Morgan fingerprint density at radius 1 is 1.10 bits per heavy atom. The van der Waals surface area contributed by atoms with Gasteiger partial charge in [-0.15, -0.1) is 0 Å². The molecule has 2 amide bonds. The van der Waals surface area contributed by atoms with Gasteiger partial charge in [0, 0.05) is 18.9 Å². The van der Waals surface area contributed by atoms with E-state index in [0.717, 1.165) is 10.0 Å². The van der Waals surface area contributed by atoms with Crippen LogP contribution in [0.25, 0.3) is 0 Å². The molecule has 21 heavy (non-hydrogen) atoms. The van der Waals surface area contributed by atoms with Crippen molar-refractivity contribution >= 4 is 22.0 Å². The average Bonchev–Trinajstić information content (AvgIpc) is 2.46. The number of carbonyl (C=O) groups is 1. The molecule has 2 rings (SSSR count). The number of halogens is 1. The van der Waals surface area contributed by atoms with Crippen molar-refractivity contribution in [2.24, 2.45) is 0 Å². The molecule has 0 aliphatic rings. The van der Waals surface area contributed by atoms with Crippen LogP contribution in [0.1, 0.15) is 22.5 Å². The summed E-state index contributed by atoms with van der Waals surface area (Å²) in [5.74, 6) is 0.570. The molecule has 110 valence electrons. The summed E-state index contributed by atoms with van der Waals surface area (Å²) in [7, 11) is 0. The lowest BCUT2D eigenvalue weighted by Crippen LogP contribution is -2.35. The average molecular weight is 349 g/mol. The number of hydrogen-bond donors (Lipinski definition) is 2. The molecule has 1 heterocycles. The number of nitrogens with one attached hydrogen (secondary N) is 2. The van der Waals surface area contributed by atoms with Crippen molar-refractivity contribution in [3.8, 4) is 0 Å². The molecular weight excluding hydrogens is 332 g/mol. The maximum Gasteiger partial charge on any atom is 0.315 e. The van der Waals surface area contributed by atoms with Gasteiger partial charge in [-0.05, 0) is 46.5 Å². The topological polar surface area (TPSA) is 66.9 Å². The van der Waals surface area contributed by atoms with Crippen LogP contribution in [0.4, 0.5) is 4.79 Å². The van der Waals surface area contributed by atoms with Gasteiger partial charge in [0.25, 0.3) is 0 Å². The van der Waals surface area contributed by atoms with Crippen LogP contribution in [0.5, 0.6) is 0 Å². The van der Waals surface area contributed by atoms with E-state index in [1.165, 1.54) is 11.1 Å². The van der Waals surface area contributed by atoms with E-state index in [2.05, 4.69) is 36.5 Å². The van der Waals surface area contributed by atoms with Gasteiger partial charge in [-0.1, -0.05) is 18.2 Å². The van der Waals surface area contributed by atoms with E-state index in [1.807, 2.05) is 32.0 Å². The van der Waals surface area contributed by atoms with Crippen LogP contribution >= 0.6 is 15.9 Å². The number of rotatable bonds is 4. The first-order chi connectivity index (χ1) is 10.1. The molecule has 0 atom stereocenters. The standard InChI is InChI=1S/C15H17BrN4O/c1-10-4-3-5-11(2)13(10)8-19-15(21)20-9-14-17-6-12(16)7-18-14/h3-7H,8-9H2,1-2H3,(H2,19,20,21). The first-order valence-corrected chi connectivity index (χ1v) is 7.39. The Bertz CT molecular complexity index is 608. The number of aromatic nitrogens is 2. The molecule has 0 spiro atoms. The van der Waals surface area contributed by atoms with Gasteiger partial charge in [-0.3, -0.25) is 0 Å². The van der Waals surface area contributed by atoms with Crippen LogP contribution in [-0.4, -0.2) is 16.0 Å². The molecule has 0 aliphatic heterocycles. The zero-order valence-electron chi connectivity index (χ0n) is 12.0. The predicted octanol–water partition coefficient (Wildman–Crippen LogP) is 2.86. The number of aryl methyl sites for hydroxylation is 2. The lowest BCUT2D eigenvalue weighted by Gasteiger charge is -2.11. The molecule has 0 aliphatic carbocycles. The molecule has 2 aromatic rings. The Balaban J connectivity index is 1.84. The van der Waals surface area contributed by atoms with Crippen molar-refractivity contribution in [2.45, 2.75) is 26.9 Å². The van der Waals surface area contributed by atoms with Crippen LogP contribution in [0.3, 0.4) is 0 Å². The Morgan fingerprint density at radius 2 is 1.67 bits per heavy atom.